The van der Waals surface area contributed by atoms with Crippen LogP contribution in [0.4, 0.5) is 0 Å². The van der Waals surface area contributed by atoms with E-state index < -0.39 is 22.5 Å². The second kappa shape index (κ2) is 7.56. The Morgan fingerprint density at radius 1 is 1.35 bits per heavy atom. The van der Waals surface area contributed by atoms with E-state index in [2.05, 4.69) is 0 Å². The molecule has 2 N–H and O–H groups in total. The molecule has 0 saturated carbocycles. The maximum atomic E-state index is 11.0. The Morgan fingerprint density at radius 2 is 2.00 bits per heavy atom. The van der Waals surface area contributed by atoms with Gasteiger partial charge in [0.2, 0.25) is 0 Å². The fourth-order valence-electron chi connectivity index (χ4n) is 1.62. The Kier molecular flexibility index (Phi) is 6.67. The van der Waals surface area contributed by atoms with Gasteiger partial charge in [-0.1, -0.05) is 35.3 Å². The molecule has 20 heavy (non-hydrogen) atoms. The quantitative estimate of drug-likeness (QED) is 0.767. The van der Waals surface area contributed by atoms with E-state index in [0.717, 1.165) is 0 Å². The molecule has 0 spiro atoms. The van der Waals surface area contributed by atoms with Gasteiger partial charge in [0.05, 0.1) is 10.0 Å². The van der Waals surface area contributed by atoms with Crippen molar-refractivity contribution in [2.75, 3.05) is 13.9 Å². The molecule has 0 fully saturated rings. The Hall–Kier alpha value is -0.410. The summed E-state index contributed by atoms with van der Waals surface area (Å²) in [5.74, 6) is 0. The van der Waals surface area contributed by atoms with E-state index in [1.165, 1.54) is 14.0 Å². The number of rotatable bonds is 7. The van der Waals surface area contributed by atoms with E-state index in [-0.39, 0.29) is 11.8 Å². The van der Waals surface area contributed by atoms with Gasteiger partial charge in [-0.3, -0.25) is 4.18 Å². The average Bonchev–Trinajstić information content (AvgIpc) is 2.32. The van der Waals surface area contributed by atoms with Crippen molar-refractivity contribution >= 4 is 33.5 Å². The molecule has 0 aliphatic carbocycles. The van der Waals surface area contributed by atoms with Crippen molar-refractivity contribution in [1.82, 2.24) is 0 Å². The minimum Gasteiger partial charge on any atom is -0.359 e. The van der Waals surface area contributed by atoms with Gasteiger partial charge in [-0.15, -0.1) is 0 Å². The number of halogens is 2. The molecule has 0 aliphatic heterocycles. The number of hydrogen-bond donors (Lipinski definition) is 1. The molecule has 0 unspecified atom stereocenters. The summed E-state index contributed by atoms with van der Waals surface area (Å²) in [5, 5.41) is 5.42. The van der Waals surface area contributed by atoms with Crippen molar-refractivity contribution in [1.29, 1.82) is 0 Å². The summed E-state index contributed by atoms with van der Waals surface area (Å²) in [6.07, 6.45) is -1.71. The van der Waals surface area contributed by atoms with Crippen LogP contribution in [0.25, 0.3) is 0 Å². The van der Waals surface area contributed by atoms with E-state index in [4.69, 9.17) is 42.0 Å². The first kappa shape index (κ1) is 17.6. The average molecular weight is 344 g/mol. The zero-order valence-corrected chi connectivity index (χ0v) is 13.2. The number of nitrogens with two attached hydrogens (primary N) is 1. The summed E-state index contributed by atoms with van der Waals surface area (Å²) in [5.41, 5.74) is 0.479. The van der Waals surface area contributed by atoms with Gasteiger partial charge in [0.15, 0.2) is 0 Å². The monoisotopic (exact) mass is 343 g/mol. The fourth-order valence-corrected chi connectivity index (χ4v) is 2.56. The van der Waals surface area contributed by atoms with Crippen LogP contribution in [0.3, 0.4) is 0 Å². The van der Waals surface area contributed by atoms with Crippen LogP contribution in [0.5, 0.6) is 0 Å². The molecule has 0 aromatic heterocycles. The number of benzene rings is 1. The molecule has 114 valence electrons. The highest BCUT2D eigenvalue weighted by Crippen LogP contribution is 2.34. The number of ether oxygens (including phenoxy) is 2. The topological polar surface area (TPSA) is 87.8 Å². The number of hydrogen-bond acceptors (Lipinski definition) is 5. The Balaban J connectivity index is 3.08. The maximum Gasteiger partial charge on any atom is 0.333 e. The first-order valence-corrected chi connectivity index (χ1v) is 7.74. The van der Waals surface area contributed by atoms with E-state index in [1.54, 1.807) is 18.2 Å². The lowest BCUT2D eigenvalue weighted by molar-refractivity contribution is -0.104. The molecule has 9 heteroatoms. The van der Waals surface area contributed by atoms with Crippen LogP contribution in [0.2, 0.25) is 10.0 Å². The molecule has 0 aliphatic rings. The summed E-state index contributed by atoms with van der Waals surface area (Å²) in [4.78, 5) is 0. The Labute approximate surface area is 128 Å². The molecule has 0 amide bonds. The van der Waals surface area contributed by atoms with E-state index in [1.807, 2.05) is 0 Å². The van der Waals surface area contributed by atoms with Gasteiger partial charge in [-0.2, -0.15) is 8.42 Å². The lowest BCUT2D eigenvalue weighted by Crippen LogP contribution is -2.29. The van der Waals surface area contributed by atoms with Crippen molar-refractivity contribution < 1.29 is 22.1 Å². The normalized spacial score (nSPS) is 15.1. The molecule has 0 bridgehead atoms. The summed E-state index contributed by atoms with van der Waals surface area (Å²) < 4.78 is 37.0. The largest absolute Gasteiger partial charge is 0.359 e. The maximum absolute atomic E-state index is 11.0. The third kappa shape index (κ3) is 5.17. The van der Waals surface area contributed by atoms with E-state index >= 15 is 0 Å². The Morgan fingerprint density at radius 3 is 2.55 bits per heavy atom. The highest BCUT2D eigenvalue weighted by molar-refractivity contribution is 7.84. The van der Waals surface area contributed by atoms with Gasteiger partial charge in [0.25, 0.3) is 0 Å². The second-order valence-electron chi connectivity index (χ2n) is 3.93. The lowest BCUT2D eigenvalue weighted by atomic mass is 10.1. The van der Waals surface area contributed by atoms with Gasteiger partial charge >= 0.3 is 10.3 Å². The predicted molar refractivity (Wildman–Crippen MR) is 75.8 cm³/mol. The molecular formula is C11H15Cl2NO5S. The third-order valence-corrected chi connectivity index (χ3v) is 3.77. The highest BCUT2D eigenvalue weighted by atomic mass is 35.5. The minimum absolute atomic E-state index is 0.0776. The molecule has 0 saturated heterocycles. The molecule has 0 heterocycles. The van der Waals surface area contributed by atoms with Crippen LogP contribution in [-0.2, 0) is 24.0 Å². The first-order chi connectivity index (χ1) is 9.26. The molecule has 1 aromatic carbocycles. The van der Waals surface area contributed by atoms with Crippen molar-refractivity contribution in [2.24, 2.45) is 5.14 Å². The summed E-state index contributed by atoms with van der Waals surface area (Å²) in [7, 11) is -2.69. The summed E-state index contributed by atoms with van der Waals surface area (Å²) >= 11 is 12.0. The van der Waals surface area contributed by atoms with Crippen molar-refractivity contribution in [3.8, 4) is 0 Å². The van der Waals surface area contributed by atoms with Crippen LogP contribution in [0, 0.1) is 0 Å². The zero-order valence-electron chi connectivity index (χ0n) is 10.9. The van der Waals surface area contributed by atoms with E-state index in [0.29, 0.717) is 10.6 Å². The SMILES string of the molecule is COCO[C@H](c1cccc(Cl)c1Cl)[C@@H](C)OS(N)(=O)=O. The van der Waals surface area contributed by atoms with Gasteiger partial charge in [0.1, 0.15) is 19.0 Å². The second-order valence-corrected chi connectivity index (χ2v) is 5.89. The van der Waals surface area contributed by atoms with Crippen molar-refractivity contribution in [3.05, 3.63) is 33.8 Å². The third-order valence-electron chi connectivity index (χ3n) is 2.37. The summed E-state index contributed by atoms with van der Waals surface area (Å²) in [6.45, 7) is 1.41. The van der Waals surface area contributed by atoms with Crippen molar-refractivity contribution in [2.45, 2.75) is 19.1 Å². The van der Waals surface area contributed by atoms with Crippen LogP contribution >= 0.6 is 23.2 Å². The molecular weight excluding hydrogens is 329 g/mol. The molecule has 1 rings (SSSR count). The van der Waals surface area contributed by atoms with Crippen LogP contribution in [0.15, 0.2) is 18.2 Å². The van der Waals surface area contributed by atoms with Gasteiger partial charge < -0.3 is 9.47 Å². The van der Waals surface area contributed by atoms with E-state index in [9.17, 15) is 8.42 Å². The lowest BCUT2D eigenvalue weighted by Gasteiger charge is -2.24. The van der Waals surface area contributed by atoms with Crippen molar-refractivity contribution in [3.63, 3.8) is 0 Å². The minimum atomic E-state index is -4.12. The predicted octanol–water partition coefficient (Wildman–Crippen LogP) is 2.26. The highest BCUT2D eigenvalue weighted by Gasteiger charge is 2.27. The van der Waals surface area contributed by atoms with Gasteiger partial charge in [0, 0.05) is 12.7 Å². The number of methoxy groups -OCH3 is 1. The van der Waals surface area contributed by atoms with Gasteiger partial charge in [-0.25, -0.2) is 5.14 Å². The Bertz CT molecular complexity index is 552. The zero-order chi connectivity index (χ0) is 15.3. The standard InChI is InChI=1S/C11H15Cl2NO5S/c1-7(19-20(14,15)16)11(18-6-17-2)8-4-3-5-9(12)10(8)13/h3-5,7,11H,6H2,1-2H3,(H2,14,15,16)/t7-,11+/m1/s1. The fraction of sp³-hybridized carbons (Fsp3) is 0.455. The molecule has 2 atom stereocenters. The first-order valence-electron chi connectivity index (χ1n) is 5.51. The van der Waals surface area contributed by atoms with Gasteiger partial charge in [-0.05, 0) is 13.0 Å². The summed E-state index contributed by atoms with van der Waals surface area (Å²) in [6, 6.07) is 4.92. The smallest absolute Gasteiger partial charge is 0.333 e. The molecule has 6 nitrogen and oxygen atoms in total. The molecule has 0 radical (unpaired) electrons. The van der Waals surface area contributed by atoms with Crippen LogP contribution in [-0.4, -0.2) is 28.4 Å². The van der Waals surface area contributed by atoms with Crippen LogP contribution < -0.4 is 5.14 Å². The molecule has 1 aromatic rings. The van der Waals surface area contributed by atoms with Crippen LogP contribution in [0.1, 0.15) is 18.6 Å².